The molecule has 4 nitrogen and oxygen atoms in total. The van der Waals surface area contributed by atoms with Crippen LogP contribution in [0.2, 0.25) is 0 Å². The van der Waals surface area contributed by atoms with Crippen LogP contribution in [0.15, 0.2) is 54.6 Å². The molecule has 2 N–H and O–H groups in total. The molecular formula is C20H21ClN4. The van der Waals surface area contributed by atoms with E-state index in [1.807, 2.05) is 25.1 Å². The topological polar surface area (TPSA) is 49.8 Å². The van der Waals surface area contributed by atoms with Gasteiger partial charge >= 0.3 is 0 Å². The van der Waals surface area contributed by atoms with Crippen molar-refractivity contribution in [3.05, 3.63) is 71.7 Å². The molecule has 4 rings (SSSR count). The maximum atomic E-state index is 4.59. The van der Waals surface area contributed by atoms with E-state index in [4.69, 9.17) is 0 Å². The number of aryl methyl sites for hydroxylation is 2. The maximum absolute atomic E-state index is 4.59. The van der Waals surface area contributed by atoms with Gasteiger partial charge in [0.15, 0.2) is 0 Å². The minimum absolute atomic E-state index is 0. The molecule has 0 atom stereocenters. The van der Waals surface area contributed by atoms with E-state index >= 15 is 0 Å². The summed E-state index contributed by atoms with van der Waals surface area (Å²) in [6.45, 7) is 1.96. The van der Waals surface area contributed by atoms with Crippen LogP contribution >= 0.6 is 12.4 Å². The second-order valence-corrected chi connectivity index (χ2v) is 6.09. The predicted molar refractivity (Wildman–Crippen MR) is 105 cm³/mol. The van der Waals surface area contributed by atoms with Crippen molar-refractivity contribution in [1.29, 1.82) is 0 Å². The summed E-state index contributed by atoms with van der Waals surface area (Å²) in [5, 5.41) is 6.85. The Morgan fingerprint density at radius 2 is 1.40 bits per heavy atom. The molecule has 2 aromatic carbocycles. The molecule has 128 valence electrons. The molecule has 0 saturated carbocycles. The number of para-hydroxylation sites is 1. The van der Waals surface area contributed by atoms with Crippen molar-refractivity contribution in [2.45, 2.75) is 26.2 Å². The average Bonchev–Trinajstić information content (AvgIpc) is 3.06. The lowest BCUT2D eigenvalue weighted by molar-refractivity contribution is 0.895. The highest BCUT2D eigenvalue weighted by molar-refractivity contribution is 5.85. The molecule has 0 aliphatic heterocycles. The molecule has 25 heavy (non-hydrogen) atoms. The summed E-state index contributed by atoms with van der Waals surface area (Å²) in [5.74, 6) is 1.79. The molecule has 1 aliphatic rings. The van der Waals surface area contributed by atoms with Gasteiger partial charge in [-0.3, -0.25) is 0 Å². The Hall–Kier alpha value is -2.59. The zero-order valence-corrected chi connectivity index (χ0v) is 14.9. The Kier molecular flexibility index (Phi) is 5.19. The molecule has 0 bridgehead atoms. The largest absolute Gasteiger partial charge is 0.356 e. The van der Waals surface area contributed by atoms with Crippen molar-refractivity contribution in [2.75, 3.05) is 10.6 Å². The quantitative estimate of drug-likeness (QED) is 0.679. The van der Waals surface area contributed by atoms with E-state index in [1.54, 1.807) is 0 Å². The first kappa shape index (κ1) is 17.2. The molecule has 0 fully saturated rings. The fourth-order valence-electron chi connectivity index (χ4n) is 3.12. The van der Waals surface area contributed by atoms with Crippen molar-refractivity contribution in [3.8, 4) is 0 Å². The second-order valence-electron chi connectivity index (χ2n) is 6.09. The Morgan fingerprint density at radius 3 is 2.12 bits per heavy atom. The number of halogens is 1. The fraction of sp³-hybridized carbons (Fsp3) is 0.200. The van der Waals surface area contributed by atoms with Crippen LogP contribution in [0.4, 0.5) is 22.9 Å². The van der Waals surface area contributed by atoms with E-state index in [0.29, 0.717) is 0 Å². The molecule has 1 heterocycles. The average molecular weight is 353 g/mol. The molecule has 0 spiro atoms. The molecule has 3 aromatic rings. The highest BCUT2D eigenvalue weighted by Crippen LogP contribution is 2.29. The van der Waals surface area contributed by atoms with E-state index in [9.17, 15) is 0 Å². The van der Waals surface area contributed by atoms with E-state index < -0.39 is 0 Å². The van der Waals surface area contributed by atoms with Gasteiger partial charge in [-0.05, 0) is 62.6 Å². The van der Waals surface area contributed by atoms with Crippen LogP contribution in [-0.4, -0.2) is 9.97 Å². The monoisotopic (exact) mass is 352 g/mol. The molecule has 0 radical (unpaired) electrons. The SMILES string of the molecule is Cc1nc2c(c(Nc3ccc(Nc4ccccc4)cc3)n1)CCC2.Cl. The summed E-state index contributed by atoms with van der Waals surface area (Å²) in [7, 11) is 0. The first-order valence-electron chi connectivity index (χ1n) is 8.33. The van der Waals surface area contributed by atoms with Crippen molar-refractivity contribution in [1.82, 2.24) is 9.97 Å². The normalized spacial score (nSPS) is 12.2. The molecule has 1 aliphatic carbocycles. The number of benzene rings is 2. The first-order valence-corrected chi connectivity index (χ1v) is 8.33. The molecule has 5 heteroatoms. The number of hydrogen-bond donors (Lipinski definition) is 2. The number of aromatic nitrogens is 2. The number of nitrogens with one attached hydrogen (secondary N) is 2. The lowest BCUT2D eigenvalue weighted by atomic mass is 10.2. The zero-order valence-electron chi connectivity index (χ0n) is 14.1. The lowest BCUT2D eigenvalue weighted by Crippen LogP contribution is -2.03. The molecule has 0 saturated heterocycles. The van der Waals surface area contributed by atoms with Gasteiger partial charge < -0.3 is 10.6 Å². The summed E-state index contributed by atoms with van der Waals surface area (Å²) in [4.78, 5) is 9.15. The van der Waals surface area contributed by atoms with Crippen molar-refractivity contribution < 1.29 is 0 Å². The van der Waals surface area contributed by atoms with Crippen LogP contribution in [0.3, 0.4) is 0 Å². The summed E-state index contributed by atoms with van der Waals surface area (Å²) >= 11 is 0. The Labute approximate surface area is 154 Å². The summed E-state index contributed by atoms with van der Waals surface area (Å²) in [6, 6.07) is 18.5. The van der Waals surface area contributed by atoms with Crippen LogP contribution < -0.4 is 10.6 Å². The van der Waals surface area contributed by atoms with Gasteiger partial charge in [-0.2, -0.15) is 0 Å². The number of fused-ring (bicyclic) bond motifs is 1. The van der Waals surface area contributed by atoms with Gasteiger partial charge in [-0.1, -0.05) is 18.2 Å². The van der Waals surface area contributed by atoms with Gasteiger partial charge in [0.1, 0.15) is 11.6 Å². The third-order valence-corrected chi connectivity index (χ3v) is 4.26. The van der Waals surface area contributed by atoms with Crippen LogP contribution in [-0.2, 0) is 12.8 Å². The number of nitrogens with zero attached hydrogens (tertiary/aromatic N) is 2. The molecule has 0 unspecified atom stereocenters. The Balaban J connectivity index is 0.00000182. The smallest absolute Gasteiger partial charge is 0.137 e. The lowest BCUT2D eigenvalue weighted by Gasteiger charge is -2.12. The van der Waals surface area contributed by atoms with Gasteiger partial charge in [0.2, 0.25) is 0 Å². The second kappa shape index (κ2) is 7.53. The van der Waals surface area contributed by atoms with Crippen LogP contribution in [0.1, 0.15) is 23.5 Å². The highest BCUT2D eigenvalue weighted by Gasteiger charge is 2.18. The Morgan fingerprint density at radius 1 is 0.760 bits per heavy atom. The minimum atomic E-state index is 0. The Bertz CT molecular complexity index is 848. The maximum Gasteiger partial charge on any atom is 0.137 e. The molecule has 0 amide bonds. The third kappa shape index (κ3) is 3.91. The van der Waals surface area contributed by atoms with Gasteiger partial charge in [0.05, 0.1) is 0 Å². The zero-order chi connectivity index (χ0) is 16.4. The van der Waals surface area contributed by atoms with Crippen LogP contribution in [0.5, 0.6) is 0 Å². The fourth-order valence-corrected chi connectivity index (χ4v) is 3.12. The highest BCUT2D eigenvalue weighted by atomic mass is 35.5. The van der Waals surface area contributed by atoms with Gasteiger partial charge in [0.25, 0.3) is 0 Å². The van der Waals surface area contributed by atoms with Gasteiger partial charge in [0, 0.05) is 28.3 Å². The van der Waals surface area contributed by atoms with Crippen molar-refractivity contribution >= 4 is 35.3 Å². The van der Waals surface area contributed by atoms with E-state index in [-0.39, 0.29) is 12.4 Å². The third-order valence-electron chi connectivity index (χ3n) is 4.26. The summed E-state index contributed by atoms with van der Waals surface area (Å²) in [6.07, 6.45) is 3.29. The number of hydrogen-bond acceptors (Lipinski definition) is 4. The van der Waals surface area contributed by atoms with Gasteiger partial charge in [-0.25, -0.2) is 9.97 Å². The van der Waals surface area contributed by atoms with E-state index in [1.165, 1.54) is 17.7 Å². The summed E-state index contributed by atoms with van der Waals surface area (Å²) in [5.41, 5.74) is 5.67. The standard InChI is InChI=1S/C20H20N4.ClH/c1-14-21-19-9-5-8-18(19)20(22-14)24-17-12-10-16(11-13-17)23-15-6-3-2-4-7-15;/h2-4,6-7,10-13,23H,5,8-9H2,1H3,(H,21,22,24);1H. The van der Waals surface area contributed by atoms with Gasteiger partial charge in [-0.15, -0.1) is 12.4 Å². The van der Waals surface area contributed by atoms with E-state index in [2.05, 4.69) is 57.0 Å². The molecular weight excluding hydrogens is 332 g/mol. The van der Waals surface area contributed by atoms with E-state index in [0.717, 1.165) is 41.5 Å². The number of anilines is 4. The first-order chi connectivity index (χ1) is 11.8. The predicted octanol–water partition coefficient (Wildman–Crippen LogP) is 5.18. The van der Waals surface area contributed by atoms with Crippen LogP contribution in [0, 0.1) is 6.92 Å². The minimum Gasteiger partial charge on any atom is -0.356 e. The molecule has 1 aromatic heterocycles. The van der Waals surface area contributed by atoms with Crippen molar-refractivity contribution in [2.24, 2.45) is 0 Å². The van der Waals surface area contributed by atoms with Crippen LogP contribution in [0.25, 0.3) is 0 Å². The summed E-state index contributed by atoms with van der Waals surface area (Å²) < 4.78 is 0. The number of rotatable bonds is 4. The van der Waals surface area contributed by atoms with Crippen molar-refractivity contribution in [3.63, 3.8) is 0 Å².